The lowest BCUT2D eigenvalue weighted by Gasteiger charge is -2.35. The third kappa shape index (κ3) is 4.05. The van der Waals surface area contributed by atoms with E-state index in [0.29, 0.717) is 17.9 Å². The third-order valence-electron chi connectivity index (χ3n) is 4.00. The van der Waals surface area contributed by atoms with Crippen LogP contribution in [0.4, 0.5) is 5.69 Å². The highest BCUT2D eigenvalue weighted by Crippen LogP contribution is 2.30. The summed E-state index contributed by atoms with van der Waals surface area (Å²) in [4.78, 5) is 36.8. The van der Waals surface area contributed by atoms with Gasteiger partial charge in [-0.05, 0) is 24.2 Å². The summed E-state index contributed by atoms with van der Waals surface area (Å²) in [5.41, 5.74) is 0.132. The summed E-state index contributed by atoms with van der Waals surface area (Å²) < 4.78 is 0. The zero-order valence-corrected chi connectivity index (χ0v) is 14.4. The fourth-order valence-electron chi connectivity index (χ4n) is 2.95. The van der Waals surface area contributed by atoms with E-state index in [1.807, 2.05) is 13.8 Å². The van der Waals surface area contributed by atoms with Gasteiger partial charge in [-0.3, -0.25) is 19.7 Å². The molecule has 2 atom stereocenters. The highest BCUT2D eigenvalue weighted by Gasteiger charge is 2.33. The molecule has 1 saturated heterocycles. The molecule has 0 aromatic heterocycles. The number of rotatable bonds is 5. The van der Waals surface area contributed by atoms with Gasteiger partial charge < -0.3 is 10.0 Å². The SMILES string of the molecule is CCSc1ccc([N+](=O)[O-])cc1C(=O)N1CC(C)CC(C(=O)O)C1. The molecule has 1 heterocycles. The molecule has 1 aromatic rings. The van der Waals surface area contributed by atoms with Crippen molar-refractivity contribution in [3.8, 4) is 0 Å². The molecule has 1 aliphatic rings. The van der Waals surface area contributed by atoms with Crippen LogP contribution in [0.3, 0.4) is 0 Å². The number of nitrogens with zero attached hydrogens (tertiary/aromatic N) is 2. The standard InChI is InChI=1S/C16H20N2O5S/c1-3-24-14-5-4-12(18(22)23)7-13(14)15(19)17-8-10(2)6-11(9-17)16(20)21/h4-5,7,10-11H,3,6,8-9H2,1-2H3,(H,20,21). The molecular formula is C16H20N2O5S. The molecule has 8 heteroatoms. The van der Waals surface area contributed by atoms with Crippen LogP contribution in [0.2, 0.25) is 0 Å². The van der Waals surface area contributed by atoms with Gasteiger partial charge in [0.2, 0.25) is 0 Å². The van der Waals surface area contributed by atoms with E-state index in [4.69, 9.17) is 0 Å². The Bertz CT molecular complexity index is 664. The second kappa shape index (κ2) is 7.65. The van der Waals surface area contributed by atoms with Gasteiger partial charge in [0.1, 0.15) is 0 Å². The zero-order chi connectivity index (χ0) is 17.9. The summed E-state index contributed by atoms with van der Waals surface area (Å²) >= 11 is 1.44. The summed E-state index contributed by atoms with van der Waals surface area (Å²) in [6.45, 7) is 4.44. The number of amides is 1. The molecule has 0 saturated carbocycles. The number of piperidine rings is 1. The molecule has 2 unspecified atom stereocenters. The Hall–Kier alpha value is -2.09. The Kier molecular flexibility index (Phi) is 5.82. The van der Waals surface area contributed by atoms with Crippen LogP contribution in [0.15, 0.2) is 23.1 Å². The molecule has 1 N–H and O–H groups in total. The van der Waals surface area contributed by atoms with E-state index in [1.54, 1.807) is 6.07 Å². The number of non-ortho nitro benzene ring substituents is 1. The van der Waals surface area contributed by atoms with E-state index < -0.39 is 16.8 Å². The van der Waals surface area contributed by atoms with E-state index >= 15 is 0 Å². The summed E-state index contributed by atoms with van der Waals surface area (Å²) in [7, 11) is 0. The number of nitro groups is 1. The van der Waals surface area contributed by atoms with Crippen LogP contribution in [0.1, 0.15) is 30.6 Å². The van der Waals surface area contributed by atoms with Crippen molar-refractivity contribution in [3.05, 3.63) is 33.9 Å². The molecule has 1 aromatic carbocycles. The van der Waals surface area contributed by atoms with Crippen molar-refractivity contribution in [1.29, 1.82) is 0 Å². The van der Waals surface area contributed by atoms with Crippen molar-refractivity contribution in [2.75, 3.05) is 18.8 Å². The Balaban J connectivity index is 2.34. The fraction of sp³-hybridized carbons (Fsp3) is 0.500. The monoisotopic (exact) mass is 352 g/mol. The lowest BCUT2D eigenvalue weighted by molar-refractivity contribution is -0.384. The van der Waals surface area contributed by atoms with Gasteiger partial charge in [0.05, 0.1) is 16.4 Å². The molecule has 24 heavy (non-hydrogen) atoms. The van der Waals surface area contributed by atoms with E-state index in [2.05, 4.69) is 0 Å². The third-order valence-corrected chi connectivity index (χ3v) is 4.96. The van der Waals surface area contributed by atoms with E-state index in [1.165, 1.54) is 28.8 Å². The summed E-state index contributed by atoms with van der Waals surface area (Å²) in [6, 6.07) is 4.25. The molecule has 1 amide bonds. The van der Waals surface area contributed by atoms with Crippen molar-refractivity contribution in [1.82, 2.24) is 4.90 Å². The van der Waals surface area contributed by atoms with Gasteiger partial charge >= 0.3 is 5.97 Å². The molecule has 7 nitrogen and oxygen atoms in total. The van der Waals surface area contributed by atoms with Crippen LogP contribution >= 0.6 is 11.8 Å². The minimum Gasteiger partial charge on any atom is -0.481 e. The highest BCUT2D eigenvalue weighted by atomic mass is 32.2. The number of nitro benzene ring substituents is 1. The molecule has 1 fully saturated rings. The second-order valence-corrected chi connectivity index (χ2v) is 7.26. The topological polar surface area (TPSA) is 101 Å². The number of likely N-dealkylation sites (tertiary alicyclic amines) is 1. The van der Waals surface area contributed by atoms with Crippen LogP contribution in [0.25, 0.3) is 0 Å². The van der Waals surface area contributed by atoms with Crippen molar-refractivity contribution < 1.29 is 19.6 Å². The van der Waals surface area contributed by atoms with E-state index in [0.717, 1.165) is 5.75 Å². The Labute approximate surface area is 144 Å². The summed E-state index contributed by atoms with van der Waals surface area (Å²) in [6.07, 6.45) is 0.532. The van der Waals surface area contributed by atoms with Crippen LogP contribution in [0.5, 0.6) is 0 Å². The maximum absolute atomic E-state index is 12.9. The van der Waals surface area contributed by atoms with Gasteiger partial charge in [0, 0.05) is 30.1 Å². The summed E-state index contributed by atoms with van der Waals surface area (Å²) in [5.74, 6) is -1.05. The second-order valence-electron chi connectivity index (χ2n) is 5.96. The maximum Gasteiger partial charge on any atom is 0.308 e. The van der Waals surface area contributed by atoms with E-state index in [9.17, 15) is 24.8 Å². The van der Waals surface area contributed by atoms with Crippen molar-refractivity contribution in [2.24, 2.45) is 11.8 Å². The molecule has 130 valence electrons. The van der Waals surface area contributed by atoms with Gasteiger partial charge in [-0.25, -0.2) is 0 Å². The lowest BCUT2D eigenvalue weighted by atomic mass is 9.90. The molecule has 1 aliphatic heterocycles. The van der Waals surface area contributed by atoms with Gasteiger partial charge in [-0.2, -0.15) is 0 Å². The minimum atomic E-state index is -0.915. The van der Waals surface area contributed by atoms with Crippen molar-refractivity contribution in [3.63, 3.8) is 0 Å². The number of aliphatic carboxylic acids is 1. The number of hydrogen-bond acceptors (Lipinski definition) is 5. The van der Waals surface area contributed by atoms with Crippen LogP contribution in [-0.2, 0) is 4.79 Å². The lowest BCUT2D eigenvalue weighted by Crippen LogP contribution is -2.45. The van der Waals surface area contributed by atoms with E-state index in [-0.39, 0.29) is 29.6 Å². The first-order valence-corrected chi connectivity index (χ1v) is 8.75. The fourth-order valence-corrected chi connectivity index (χ4v) is 3.72. The molecule has 0 radical (unpaired) electrons. The predicted molar refractivity (Wildman–Crippen MR) is 90.3 cm³/mol. The smallest absolute Gasteiger partial charge is 0.308 e. The molecular weight excluding hydrogens is 332 g/mol. The zero-order valence-electron chi connectivity index (χ0n) is 13.6. The average molecular weight is 352 g/mol. The largest absolute Gasteiger partial charge is 0.481 e. The first kappa shape index (κ1) is 18.3. The van der Waals surface area contributed by atoms with Gasteiger partial charge in [-0.1, -0.05) is 13.8 Å². The Morgan fingerprint density at radius 1 is 1.42 bits per heavy atom. The van der Waals surface area contributed by atoms with Gasteiger partial charge in [0.15, 0.2) is 0 Å². The minimum absolute atomic E-state index is 0.0739. The first-order chi connectivity index (χ1) is 11.3. The quantitative estimate of drug-likeness (QED) is 0.497. The molecule has 0 aliphatic carbocycles. The van der Waals surface area contributed by atoms with Gasteiger partial charge in [-0.15, -0.1) is 11.8 Å². The average Bonchev–Trinajstić information content (AvgIpc) is 2.54. The number of benzene rings is 1. The Morgan fingerprint density at radius 3 is 2.71 bits per heavy atom. The van der Waals surface area contributed by atoms with Crippen molar-refractivity contribution in [2.45, 2.75) is 25.2 Å². The van der Waals surface area contributed by atoms with Gasteiger partial charge in [0.25, 0.3) is 11.6 Å². The molecule has 0 spiro atoms. The van der Waals surface area contributed by atoms with Crippen LogP contribution in [-0.4, -0.2) is 45.6 Å². The summed E-state index contributed by atoms with van der Waals surface area (Å²) in [5, 5.41) is 20.3. The number of carboxylic acid groups (broad SMARTS) is 1. The molecule has 0 bridgehead atoms. The highest BCUT2D eigenvalue weighted by molar-refractivity contribution is 7.99. The number of carbonyl (C=O) groups is 2. The molecule has 2 rings (SSSR count). The normalized spacial score (nSPS) is 20.7. The number of hydrogen-bond donors (Lipinski definition) is 1. The number of carbonyl (C=O) groups excluding carboxylic acids is 1. The van der Waals surface area contributed by atoms with Crippen LogP contribution in [0, 0.1) is 22.0 Å². The van der Waals surface area contributed by atoms with Crippen molar-refractivity contribution >= 4 is 29.3 Å². The predicted octanol–water partition coefficient (Wildman–Crippen LogP) is 2.89. The first-order valence-electron chi connectivity index (χ1n) is 7.76. The maximum atomic E-state index is 12.9. The Morgan fingerprint density at radius 2 is 2.12 bits per heavy atom. The number of thioether (sulfide) groups is 1. The van der Waals surface area contributed by atoms with Crippen LogP contribution < -0.4 is 0 Å². The number of carboxylic acids is 1.